The van der Waals surface area contributed by atoms with E-state index >= 15 is 0 Å². The Morgan fingerprint density at radius 1 is 1.05 bits per heavy atom. The number of rotatable bonds is 5. The Labute approximate surface area is 132 Å². The zero-order valence-electron chi connectivity index (χ0n) is 13.0. The van der Waals surface area contributed by atoms with Crippen LogP contribution in [0, 0.1) is 5.92 Å². The van der Waals surface area contributed by atoms with Gasteiger partial charge in [0.25, 0.3) is 0 Å². The Morgan fingerprint density at radius 2 is 1.77 bits per heavy atom. The highest BCUT2D eigenvalue weighted by Gasteiger charge is 2.24. The molecule has 2 aromatic rings. The fraction of sp³-hybridized carbons (Fsp3) is 0.474. The minimum Gasteiger partial charge on any atom is -0.394 e. The molecule has 118 valence electrons. The first-order valence-corrected chi connectivity index (χ1v) is 8.26. The van der Waals surface area contributed by atoms with Crippen molar-refractivity contribution in [2.24, 2.45) is 5.92 Å². The summed E-state index contributed by atoms with van der Waals surface area (Å²) in [5, 5.41) is 21.4. The van der Waals surface area contributed by atoms with Gasteiger partial charge in [-0.25, -0.2) is 0 Å². The highest BCUT2D eigenvalue weighted by atomic mass is 16.3. The summed E-state index contributed by atoms with van der Waals surface area (Å²) in [5.41, 5.74) is 1.41. The lowest BCUT2D eigenvalue weighted by Crippen LogP contribution is -2.39. The molecule has 3 nitrogen and oxygen atoms in total. The summed E-state index contributed by atoms with van der Waals surface area (Å²) in [5.74, 6) is 0.263. The standard InChI is InChI=1S/C19H25NO2/c21-14-19(22)17-9-12-20(13-10-17)11-8-16-6-3-5-15-4-1-2-7-18(15)16/h1-7,17,19,21-22H,8-14H2. The molecule has 1 unspecified atom stereocenters. The van der Waals surface area contributed by atoms with E-state index in [-0.39, 0.29) is 12.5 Å². The van der Waals surface area contributed by atoms with Gasteiger partial charge in [-0.2, -0.15) is 0 Å². The molecule has 0 aromatic heterocycles. The lowest BCUT2D eigenvalue weighted by molar-refractivity contribution is 0.0186. The van der Waals surface area contributed by atoms with E-state index in [1.165, 1.54) is 16.3 Å². The van der Waals surface area contributed by atoms with Crippen LogP contribution in [0.25, 0.3) is 10.8 Å². The fourth-order valence-electron chi connectivity index (χ4n) is 3.50. The van der Waals surface area contributed by atoms with E-state index in [0.717, 1.165) is 38.9 Å². The van der Waals surface area contributed by atoms with Crippen molar-refractivity contribution in [1.82, 2.24) is 4.90 Å². The summed E-state index contributed by atoms with van der Waals surface area (Å²) in [6.45, 7) is 3.00. The molecule has 1 atom stereocenters. The molecule has 1 aliphatic rings. The number of aliphatic hydroxyl groups excluding tert-OH is 2. The second kappa shape index (κ2) is 7.23. The fourth-order valence-corrected chi connectivity index (χ4v) is 3.50. The molecule has 1 fully saturated rings. The van der Waals surface area contributed by atoms with Gasteiger partial charge in [-0.3, -0.25) is 0 Å². The predicted molar refractivity (Wildman–Crippen MR) is 89.9 cm³/mol. The molecular formula is C19H25NO2. The summed E-state index contributed by atoms with van der Waals surface area (Å²) in [4.78, 5) is 2.47. The zero-order valence-corrected chi connectivity index (χ0v) is 13.0. The monoisotopic (exact) mass is 299 g/mol. The van der Waals surface area contributed by atoms with E-state index in [1.54, 1.807) is 0 Å². The van der Waals surface area contributed by atoms with Gasteiger partial charge in [0, 0.05) is 6.54 Å². The zero-order chi connectivity index (χ0) is 15.4. The molecule has 0 radical (unpaired) electrons. The topological polar surface area (TPSA) is 43.7 Å². The molecule has 1 aliphatic heterocycles. The Bertz CT molecular complexity index is 600. The van der Waals surface area contributed by atoms with Gasteiger partial charge in [-0.1, -0.05) is 42.5 Å². The molecule has 22 heavy (non-hydrogen) atoms. The molecule has 1 saturated heterocycles. The second-order valence-electron chi connectivity index (χ2n) is 6.32. The van der Waals surface area contributed by atoms with Crippen molar-refractivity contribution < 1.29 is 10.2 Å². The molecule has 1 heterocycles. The Kier molecular flexibility index (Phi) is 5.08. The highest BCUT2D eigenvalue weighted by molar-refractivity contribution is 5.85. The van der Waals surface area contributed by atoms with Crippen LogP contribution in [0.3, 0.4) is 0 Å². The molecule has 3 heteroatoms. The quantitative estimate of drug-likeness (QED) is 0.891. The maximum atomic E-state index is 9.73. The van der Waals surface area contributed by atoms with E-state index < -0.39 is 6.10 Å². The largest absolute Gasteiger partial charge is 0.394 e. The summed E-state index contributed by atoms with van der Waals surface area (Å²) in [6, 6.07) is 15.1. The van der Waals surface area contributed by atoms with E-state index in [2.05, 4.69) is 47.4 Å². The maximum Gasteiger partial charge on any atom is 0.0799 e. The molecule has 3 rings (SSSR count). The van der Waals surface area contributed by atoms with Crippen molar-refractivity contribution in [1.29, 1.82) is 0 Å². The average molecular weight is 299 g/mol. The number of hydrogen-bond donors (Lipinski definition) is 2. The number of hydrogen-bond acceptors (Lipinski definition) is 3. The second-order valence-corrected chi connectivity index (χ2v) is 6.32. The van der Waals surface area contributed by atoms with Gasteiger partial charge in [0.15, 0.2) is 0 Å². The van der Waals surface area contributed by atoms with E-state index in [0.29, 0.717) is 0 Å². The number of aliphatic hydroxyl groups is 2. The van der Waals surface area contributed by atoms with Crippen LogP contribution in [0.4, 0.5) is 0 Å². The van der Waals surface area contributed by atoms with Crippen LogP contribution in [-0.2, 0) is 6.42 Å². The average Bonchev–Trinajstić information content (AvgIpc) is 2.59. The number of fused-ring (bicyclic) bond motifs is 1. The lowest BCUT2D eigenvalue weighted by Gasteiger charge is -2.33. The summed E-state index contributed by atoms with van der Waals surface area (Å²) < 4.78 is 0. The number of piperidine rings is 1. The molecule has 2 N–H and O–H groups in total. The normalized spacial score (nSPS) is 18.6. The number of likely N-dealkylation sites (tertiary alicyclic amines) is 1. The minimum absolute atomic E-state index is 0.110. The van der Waals surface area contributed by atoms with Crippen molar-refractivity contribution >= 4 is 10.8 Å². The molecule has 0 spiro atoms. The SMILES string of the molecule is OCC(O)C1CCN(CCc2cccc3ccccc23)CC1. The van der Waals surface area contributed by atoms with Gasteiger partial charge in [0.05, 0.1) is 12.7 Å². The maximum absolute atomic E-state index is 9.73. The van der Waals surface area contributed by atoms with Gasteiger partial charge in [0.2, 0.25) is 0 Å². The van der Waals surface area contributed by atoms with Gasteiger partial charge in [0.1, 0.15) is 0 Å². The third kappa shape index (κ3) is 3.49. The third-order valence-electron chi connectivity index (χ3n) is 4.94. The number of nitrogens with zero attached hydrogens (tertiary/aromatic N) is 1. The van der Waals surface area contributed by atoms with E-state index in [4.69, 9.17) is 5.11 Å². The smallest absolute Gasteiger partial charge is 0.0799 e. The number of benzene rings is 2. The predicted octanol–water partition coefficient (Wildman–Crippen LogP) is 2.45. The van der Waals surface area contributed by atoms with Crippen LogP contribution in [0.2, 0.25) is 0 Å². The summed E-state index contributed by atoms with van der Waals surface area (Å²) >= 11 is 0. The van der Waals surface area contributed by atoms with Crippen LogP contribution in [0.5, 0.6) is 0 Å². The van der Waals surface area contributed by atoms with Crippen LogP contribution in [0.1, 0.15) is 18.4 Å². The molecule has 0 amide bonds. The van der Waals surface area contributed by atoms with Crippen LogP contribution in [0.15, 0.2) is 42.5 Å². The molecule has 0 saturated carbocycles. The van der Waals surface area contributed by atoms with Crippen molar-refractivity contribution in [3.63, 3.8) is 0 Å². The summed E-state index contributed by atoms with van der Waals surface area (Å²) in [7, 11) is 0. The first-order valence-electron chi connectivity index (χ1n) is 8.26. The highest BCUT2D eigenvalue weighted by Crippen LogP contribution is 2.22. The van der Waals surface area contributed by atoms with Crippen molar-refractivity contribution in [2.45, 2.75) is 25.4 Å². The van der Waals surface area contributed by atoms with Crippen LogP contribution in [-0.4, -0.2) is 47.5 Å². The van der Waals surface area contributed by atoms with Gasteiger partial charge < -0.3 is 15.1 Å². The Morgan fingerprint density at radius 3 is 2.55 bits per heavy atom. The molecule has 2 aromatic carbocycles. The third-order valence-corrected chi connectivity index (χ3v) is 4.94. The van der Waals surface area contributed by atoms with E-state index in [9.17, 15) is 5.11 Å². The minimum atomic E-state index is -0.541. The first kappa shape index (κ1) is 15.5. The lowest BCUT2D eigenvalue weighted by atomic mass is 9.91. The van der Waals surface area contributed by atoms with Crippen LogP contribution < -0.4 is 0 Å². The Hall–Kier alpha value is -1.42. The van der Waals surface area contributed by atoms with Crippen LogP contribution >= 0.6 is 0 Å². The van der Waals surface area contributed by atoms with Crippen molar-refractivity contribution in [3.05, 3.63) is 48.0 Å². The summed E-state index contributed by atoms with van der Waals surface area (Å²) in [6.07, 6.45) is 2.49. The van der Waals surface area contributed by atoms with Crippen molar-refractivity contribution in [3.8, 4) is 0 Å². The van der Waals surface area contributed by atoms with Gasteiger partial charge in [-0.05, 0) is 54.6 Å². The van der Waals surface area contributed by atoms with Gasteiger partial charge in [-0.15, -0.1) is 0 Å². The Balaban J connectivity index is 1.57. The van der Waals surface area contributed by atoms with E-state index in [1.807, 2.05) is 0 Å². The molecular weight excluding hydrogens is 274 g/mol. The first-order chi connectivity index (χ1) is 10.8. The molecule has 0 aliphatic carbocycles. The van der Waals surface area contributed by atoms with Crippen molar-refractivity contribution in [2.75, 3.05) is 26.2 Å². The molecule has 0 bridgehead atoms. The van der Waals surface area contributed by atoms with Gasteiger partial charge >= 0.3 is 0 Å².